The predicted octanol–water partition coefficient (Wildman–Crippen LogP) is 4.88. The lowest BCUT2D eigenvalue weighted by atomic mass is 10.2. The minimum absolute atomic E-state index is 0.686. The van der Waals surface area contributed by atoms with Gasteiger partial charge >= 0.3 is 0 Å². The standard InChI is InChI=1S/C26H21N2O2P/c1-30-19-16-17-23-24(18-19)28-26(27-23)22-14-8-9-15-25(22)31(29,20-10-4-2-5-11-20)21-12-6-3-7-13-21/h2-18H,1H3,(H,27,28). The molecule has 0 amide bonds. The fraction of sp³-hybridized carbons (Fsp3) is 0.0385. The Morgan fingerprint density at radius 1 is 0.774 bits per heavy atom. The number of H-pyrrole nitrogens is 1. The maximum absolute atomic E-state index is 14.9. The second-order valence-corrected chi connectivity index (χ2v) is 10.00. The molecule has 0 aliphatic heterocycles. The number of aromatic nitrogens is 2. The highest BCUT2D eigenvalue weighted by Crippen LogP contribution is 2.44. The van der Waals surface area contributed by atoms with Crippen molar-refractivity contribution in [3.8, 4) is 17.1 Å². The molecular formula is C26H21N2O2P. The predicted molar refractivity (Wildman–Crippen MR) is 127 cm³/mol. The average Bonchev–Trinajstić information content (AvgIpc) is 3.28. The summed E-state index contributed by atoms with van der Waals surface area (Å²) in [6.07, 6.45) is 0. The Labute approximate surface area is 180 Å². The smallest absolute Gasteiger partial charge is 0.171 e. The van der Waals surface area contributed by atoms with Gasteiger partial charge in [-0.25, -0.2) is 4.98 Å². The van der Waals surface area contributed by atoms with Crippen molar-refractivity contribution in [1.29, 1.82) is 0 Å². The van der Waals surface area contributed by atoms with E-state index in [1.54, 1.807) is 7.11 Å². The molecule has 0 fully saturated rings. The maximum atomic E-state index is 14.9. The minimum atomic E-state index is -3.12. The zero-order chi connectivity index (χ0) is 21.3. The van der Waals surface area contributed by atoms with Crippen LogP contribution in [-0.2, 0) is 4.57 Å². The number of hydrogen-bond acceptors (Lipinski definition) is 3. The number of aromatic amines is 1. The van der Waals surface area contributed by atoms with Crippen LogP contribution in [-0.4, -0.2) is 17.1 Å². The summed E-state index contributed by atoms with van der Waals surface area (Å²) in [5, 5.41) is 2.36. The van der Waals surface area contributed by atoms with Gasteiger partial charge < -0.3 is 14.3 Å². The van der Waals surface area contributed by atoms with Gasteiger partial charge in [0.05, 0.1) is 18.1 Å². The lowest BCUT2D eigenvalue weighted by Crippen LogP contribution is -2.26. The summed E-state index contributed by atoms with van der Waals surface area (Å²) in [4.78, 5) is 8.18. The molecule has 0 saturated heterocycles. The normalized spacial score (nSPS) is 11.5. The van der Waals surface area contributed by atoms with Crippen LogP contribution in [0.25, 0.3) is 22.4 Å². The Bertz CT molecular complexity index is 1350. The van der Waals surface area contributed by atoms with E-state index in [2.05, 4.69) is 4.98 Å². The summed E-state index contributed by atoms with van der Waals surface area (Å²) in [5.74, 6) is 1.45. The first-order valence-corrected chi connectivity index (χ1v) is 11.8. The quantitative estimate of drug-likeness (QED) is 0.409. The van der Waals surface area contributed by atoms with Crippen LogP contribution >= 0.6 is 7.14 Å². The van der Waals surface area contributed by atoms with E-state index in [1.165, 1.54) is 0 Å². The number of nitrogens with zero attached hydrogens (tertiary/aromatic N) is 1. The lowest BCUT2D eigenvalue weighted by Gasteiger charge is -2.22. The molecule has 152 valence electrons. The molecule has 0 saturated carbocycles. The first-order chi connectivity index (χ1) is 15.2. The number of ether oxygens (including phenoxy) is 1. The third-order valence-corrected chi connectivity index (χ3v) is 8.55. The summed E-state index contributed by atoms with van der Waals surface area (Å²) in [5.41, 5.74) is 2.53. The van der Waals surface area contributed by atoms with Crippen molar-refractivity contribution in [2.75, 3.05) is 7.11 Å². The van der Waals surface area contributed by atoms with Gasteiger partial charge in [0, 0.05) is 27.5 Å². The van der Waals surface area contributed by atoms with Crippen LogP contribution in [0, 0.1) is 0 Å². The molecule has 0 radical (unpaired) electrons. The molecule has 0 aliphatic carbocycles. The third-order valence-electron chi connectivity index (χ3n) is 5.43. The van der Waals surface area contributed by atoms with Crippen molar-refractivity contribution in [3.63, 3.8) is 0 Å². The SMILES string of the molecule is COc1ccc2nc(-c3ccccc3P(=O)(c3ccccc3)c3ccccc3)[nH]c2c1. The molecule has 1 heterocycles. The van der Waals surface area contributed by atoms with E-state index >= 15 is 0 Å². The number of imidazole rings is 1. The van der Waals surface area contributed by atoms with Crippen LogP contribution in [0.5, 0.6) is 5.75 Å². The molecule has 0 bridgehead atoms. The molecule has 4 aromatic carbocycles. The van der Waals surface area contributed by atoms with Crippen LogP contribution in [0.2, 0.25) is 0 Å². The average molecular weight is 424 g/mol. The molecule has 31 heavy (non-hydrogen) atoms. The molecular weight excluding hydrogens is 403 g/mol. The first kappa shape index (κ1) is 19.3. The minimum Gasteiger partial charge on any atom is -0.497 e. The van der Waals surface area contributed by atoms with Gasteiger partial charge in [-0.1, -0.05) is 84.9 Å². The fourth-order valence-corrected chi connectivity index (χ4v) is 6.75. The lowest BCUT2D eigenvalue weighted by molar-refractivity contribution is 0.415. The van der Waals surface area contributed by atoms with Gasteiger partial charge in [-0.2, -0.15) is 0 Å². The first-order valence-electron chi connectivity index (χ1n) is 10.0. The molecule has 5 rings (SSSR count). The number of benzene rings is 4. The van der Waals surface area contributed by atoms with Crippen LogP contribution in [0.4, 0.5) is 0 Å². The molecule has 5 aromatic rings. The van der Waals surface area contributed by atoms with Crippen molar-refractivity contribution >= 4 is 34.1 Å². The summed E-state index contributed by atoms with van der Waals surface area (Å²) < 4.78 is 20.2. The topological polar surface area (TPSA) is 55.0 Å². The molecule has 0 atom stereocenters. The largest absolute Gasteiger partial charge is 0.497 e. The molecule has 1 N–H and O–H groups in total. The zero-order valence-corrected chi connectivity index (χ0v) is 17.9. The second kappa shape index (κ2) is 7.90. The fourth-order valence-electron chi connectivity index (χ4n) is 3.89. The summed E-state index contributed by atoms with van der Waals surface area (Å²) in [6, 6.07) is 32.9. The van der Waals surface area contributed by atoms with Gasteiger partial charge in [-0.3, -0.25) is 0 Å². The highest BCUT2D eigenvalue weighted by atomic mass is 31.2. The monoisotopic (exact) mass is 424 g/mol. The van der Waals surface area contributed by atoms with Gasteiger partial charge in [-0.15, -0.1) is 0 Å². The van der Waals surface area contributed by atoms with Crippen molar-refractivity contribution in [2.45, 2.75) is 0 Å². The van der Waals surface area contributed by atoms with E-state index in [0.29, 0.717) is 5.82 Å². The van der Waals surface area contributed by atoms with Gasteiger partial charge in [0.2, 0.25) is 0 Å². The van der Waals surface area contributed by atoms with E-state index in [1.807, 2.05) is 103 Å². The van der Waals surface area contributed by atoms with Crippen molar-refractivity contribution in [1.82, 2.24) is 9.97 Å². The highest BCUT2D eigenvalue weighted by molar-refractivity contribution is 7.85. The Kier molecular flexibility index (Phi) is 4.93. The third kappa shape index (κ3) is 3.35. The van der Waals surface area contributed by atoms with Crippen LogP contribution in [0.3, 0.4) is 0 Å². The number of methoxy groups -OCH3 is 1. The van der Waals surface area contributed by atoms with E-state index in [0.717, 1.165) is 38.3 Å². The van der Waals surface area contributed by atoms with Crippen molar-refractivity contribution in [3.05, 3.63) is 103 Å². The Morgan fingerprint density at radius 3 is 2.03 bits per heavy atom. The number of nitrogens with one attached hydrogen (secondary N) is 1. The summed E-state index contributed by atoms with van der Waals surface area (Å²) in [6.45, 7) is 0. The van der Waals surface area contributed by atoms with Gasteiger partial charge in [-0.05, 0) is 12.1 Å². The molecule has 1 aromatic heterocycles. The molecule has 0 spiro atoms. The van der Waals surface area contributed by atoms with E-state index < -0.39 is 7.14 Å². The van der Waals surface area contributed by atoms with Crippen molar-refractivity contribution < 1.29 is 9.30 Å². The Morgan fingerprint density at radius 2 is 1.39 bits per heavy atom. The molecule has 5 heteroatoms. The zero-order valence-electron chi connectivity index (χ0n) is 17.0. The molecule has 4 nitrogen and oxygen atoms in total. The van der Waals surface area contributed by atoms with E-state index in [9.17, 15) is 4.57 Å². The van der Waals surface area contributed by atoms with E-state index in [4.69, 9.17) is 9.72 Å². The van der Waals surface area contributed by atoms with Crippen LogP contribution < -0.4 is 20.7 Å². The number of rotatable bonds is 5. The van der Waals surface area contributed by atoms with Crippen LogP contribution in [0.15, 0.2) is 103 Å². The summed E-state index contributed by atoms with van der Waals surface area (Å²) in [7, 11) is -1.48. The van der Waals surface area contributed by atoms with Gasteiger partial charge in [0.25, 0.3) is 0 Å². The highest BCUT2D eigenvalue weighted by Gasteiger charge is 2.32. The number of hydrogen-bond donors (Lipinski definition) is 1. The molecule has 0 aliphatic rings. The second-order valence-electron chi connectivity index (χ2n) is 7.27. The molecule has 0 unspecified atom stereocenters. The van der Waals surface area contributed by atoms with E-state index in [-0.39, 0.29) is 0 Å². The van der Waals surface area contributed by atoms with Crippen LogP contribution in [0.1, 0.15) is 0 Å². The van der Waals surface area contributed by atoms with Gasteiger partial charge in [0.15, 0.2) is 7.14 Å². The summed E-state index contributed by atoms with van der Waals surface area (Å²) >= 11 is 0. The maximum Gasteiger partial charge on any atom is 0.171 e. The number of fused-ring (bicyclic) bond motifs is 1. The van der Waals surface area contributed by atoms with Crippen molar-refractivity contribution in [2.24, 2.45) is 0 Å². The Balaban J connectivity index is 1.76. The van der Waals surface area contributed by atoms with Gasteiger partial charge in [0.1, 0.15) is 11.6 Å². The Hall–Kier alpha value is -3.62.